The highest BCUT2D eigenvalue weighted by atomic mass is 32.2. The molecular weight excluding hydrogens is 236 g/mol. The van der Waals surface area contributed by atoms with Crippen LogP contribution in [-0.4, -0.2) is 28.0 Å². The number of rotatable bonds is 3. The summed E-state index contributed by atoms with van der Waals surface area (Å²) in [6, 6.07) is 7.51. The van der Waals surface area contributed by atoms with Gasteiger partial charge in [0, 0.05) is 5.75 Å². The molecule has 0 saturated carbocycles. The van der Waals surface area contributed by atoms with Gasteiger partial charge in [-0.3, -0.25) is 0 Å². The highest BCUT2D eigenvalue weighted by molar-refractivity contribution is 7.84. The van der Waals surface area contributed by atoms with E-state index in [9.17, 15) is 4.21 Å². The van der Waals surface area contributed by atoms with Crippen LogP contribution < -0.4 is 5.32 Å². The third kappa shape index (κ3) is 2.25. The zero-order valence-electron chi connectivity index (χ0n) is 9.39. The normalized spacial score (nSPS) is 22.0. The van der Waals surface area contributed by atoms with Crippen molar-refractivity contribution >= 4 is 21.9 Å². The molecule has 2 aromatic rings. The summed E-state index contributed by atoms with van der Waals surface area (Å²) >= 11 is 0. The molecule has 0 bridgehead atoms. The lowest BCUT2D eigenvalue weighted by Crippen LogP contribution is -2.15. The van der Waals surface area contributed by atoms with Crippen molar-refractivity contribution in [2.24, 2.45) is 5.92 Å². The first-order valence-corrected chi connectivity index (χ1v) is 7.09. The van der Waals surface area contributed by atoms with Crippen LogP contribution >= 0.6 is 0 Å². The van der Waals surface area contributed by atoms with Gasteiger partial charge >= 0.3 is 0 Å². The maximum atomic E-state index is 12.1. The average molecular weight is 250 g/mol. The number of benzene rings is 1. The number of hydrogen-bond donors (Lipinski definition) is 1. The van der Waals surface area contributed by atoms with Crippen LogP contribution in [-0.2, 0) is 10.8 Å². The molecule has 90 valence electrons. The van der Waals surface area contributed by atoms with E-state index in [0.29, 0.717) is 22.5 Å². The number of nitrogens with zero attached hydrogens (tertiary/aromatic N) is 1. The summed E-state index contributed by atoms with van der Waals surface area (Å²) in [5, 5.41) is 3.63. The lowest BCUT2D eigenvalue weighted by atomic mass is 10.2. The number of hydrogen-bond acceptors (Lipinski definition) is 4. The maximum Gasteiger partial charge on any atom is 0.287 e. The summed E-state index contributed by atoms with van der Waals surface area (Å²) in [4.78, 5) is 4.27. The third-order valence-corrected chi connectivity index (χ3v) is 4.36. The number of nitrogens with one attached hydrogen (secondary N) is 1. The van der Waals surface area contributed by atoms with Gasteiger partial charge in [0.15, 0.2) is 5.58 Å². The molecule has 0 aliphatic carbocycles. The van der Waals surface area contributed by atoms with Crippen LogP contribution in [0.4, 0.5) is 0 Å². The molecule has 1 N–H and O–H groups in total. The molecule has 0 spiro atoms. The van der Waals surface area contributed by atoms with E-state index < -0.39 is 10.8 Å². The Kier molecular flexibility index (Phi) is 2.94. The second-order valence-electron chi connectivity index (χ2n) is 4.32. The van der Waals surface area contributed by atoms with Crippen molar-refractivity contribution in [3.05, 3.63) is 24.3 Å². The fourth-order valence-corrected chi connectivity index (χ4v) is 3.33. The molecule has 2 heterocycles. The van der Waals surface area contributed by atoms with E-state index in [-0.39, 0.29) is 0 Å². The first-order chi connectivity index (χ1) is 8.33. The van der Waals surface area contributed by atoms with Crippen molar-refractivity contribution in [1.29, 1.82) is 0 Å². The summed E-state index contributed by atoms with van der Waals surface area (Å²) in [6.07, 6.45) is 1.09. The van der Waals surface area contributed by atoms with Gasteiger partial charge in [-0.15, -0.1) is 0 Å². The number of para-hydroxylation sites is 2. The van der Waals surface area contributed by atoms with E-state index in [1.807, 2.05) is 24.3 Å². The summed E-state index contributed by atoms with van der Waals surface area (Å²) in [5.41, 5.74) is 1.49. The summed E-state index contributed by atoms with van der Waals surface area (Å²) in [5.74, 6) is 1.12. The first kappa shape index (κ1) is 10.9. The SMILES string of the molecule is O=[S@@](C[C@H]1CCNC1)c1nc2ccccc2o1. The van der Waals surface area contributed by atoms with Gasteiger partial charge < -0.3 is 9.73 Å². The molecule has 4 nitrogen and oxygen atoms in total. The standard InChI is InChI=1S/C12H14N2O2S/c15-17(8-9-5-6-13-7-9)12-14-10-3-1-2-4-11(10)16-12/h1-4,9,13H,5-8H2/t9-,17-/m0/s1. The second kappa shape index (κ2) is 4.58. The first-order valence-electron chi connectivity index (χ1n) is 5.77. The molecule has 5 heteroatoms. The largest absolute Gasteiger partial charge is 0.430 e. The number of fused-ring (bicyclic) bond motifs is 1. The fourth-order valence-electron chi connectivity index (χ4n) is 2.09. The molecule has 0 radical (unpaired) electrons. The van der Waals surface area contributed by atoms with E-state index in [4.69, 9.17) is 4.42 Å². The van der Waals surface area contributed by atoms with E-state index in [1.54, 1.807) is 0 Å². The van der Waals surface area contributed by atoms with Crippen molar-refractivity contribution in [2.45, 2.75) is 11.6 Å². The van der Waals surface area contributed by atoms with E-state index in [2.05, 4.69) is 10.3 Å². The van der Waals surface area contributed by atoms with Gasteiger partial charge in [-0.1, -0.05) is 12.1 Å². The van der Waals surface area contributed by atoms with Crippen molar-refractivity contribution < 1.29 is 8.63 Å². The average Bonchev–Trinajstić information content (AvgIpc) is 2.96. The van der Waals surface area contributed by atoms with Gasteiger partial charge in [0.1, 0.15) is 16.3 Å². The smallest absolute Gasteiger partial charge is 0.287 e. The van der Waals surface area contributed by atoms with E-state index >= 15 is 0 Å². The van der Waals surface area contributed by atoms with Gasteiger partial charge in [0.25, 0.3) is 5.22 Å². The monoisotopic (exact) mass is 250 g/mol. The minimum absolute atomic E-state index is 0.359. The minimum Gasteiger partial charge on any atom is -0.430 e. The molecule has 3 rings (SSSR count). The summed E-state index contributed by atoms with van der Waals surface area (Å²) < 4.78 is 17.6. The van der Waals surface area contributed by atoms with Crippen LogP contribution in [0.3, 0.4) is 0 Å². The van der Waals surface area contributed by atoms with Crippen molar-refractivity contribution in [1.82, 2.24) is 10.3 Å². The fraction of sp³-hybridized carbons (Fsp3) is 0.417. The van der Waals surface area contributed by atoms with Gasteiger partial charge in [0.05, 0.1) is 0 Å². The molecular formula is C12H14N2O2S. The Balaban J connectivity index is 1.80. The summed E-state index contributed by atoms with van der Waals surface area (Å²) in [7, 11) is -1.12. The van der Waals surface area contributed by atoms with Gasteiger partial charge in [0.2, 0.25) is 0 Å². The van der Waals surface area contributed by atoms with Gasteiger partial charge in [-0.05, 0) is 37.6 Å². The Morgan fingerprint density at radius 2 is 2.35 bits per heavy atom. The lowest BCUT2D eigenvalue weighted by molar-refractivity contribution is 0.475. The van der Waals surface area contributed by atoms with Gasteiger partial charge in [-0.2, -0.15) is 0 Å². The van der Waals surface area contributed by atoms with Gasteiger partial charge in [-0.25, -0.2) is 9.19 Å². The molecule has 1 aliphatic heterocycles. The van der Waals surface area contributed by atoms with Crippen LogP contribution in [0.25, 0.3) is 11.1 Å². The lowest BCUT2D eigenvalue weighted by Gasteiger charge is -2.04. The molecule has 1 aliphatic rings. The molecule has 0 amide bonds. The summed E-state index contributed by atoms with van der Waals surface area (Å²) in [6.45, 7) is 1.97. The van der Waals surface area contributed by atoms with Crippen molar-refractivity contribution in [3.8, 4) is 0 Å². The molecule has 1 fully saturated rings. The Hall–Kier alpha value is -1.20. The molecule has 1 aromatic carbocycles. The highest BCUT2D eigenvalue weighted by Crippen LogP contribution is 2.19. The minimum atomic E-state index is -1.12. The Bertz CT molecular complexity index is 513. The van der Waals surface area contributed by atoms with Crippen LogP contribution in [0.5, 0.6) is 0 Å². The molecule has 17 heavy (non-hydrogen) atoms. The zero-order chi connectivity index (χ0) is 11.7. The Morgan fingerprint density at radius 3 is 3.12 bits per heavy atom. The van der Waals surface area contributed by atoms with Crippen LogP contribution in [0, 0.1) is 5.92 Å². The molecule has 2 atom stereocenters. The predicted molar refractivity (Wildman–Crippen MR) is 66.3 cm³/mol. The van der Waals surface area contributed by atoms with Crippen LogP contribution in [0.15, 0.2) is 33.9 Å². The molecule has 1 saturated heterocycles. The van der Waals surface area contributed by atoms with E-state index in [0.717, 1.165) is 25.0 Å². The van der Waals surface area contributed by atoms with Crippen molar-refractivity contribution in [2.75, 3.05) is 18.8 Å². The Labute approximate surface area is 102 Å². The maximum absolute atomic E-state index is 12.1. The zero-order valence-corrected chi connectivity index (χ0v) is 10.2. The highest BCUT2D eigenvalue weighted by Gasteiger charge is 2.21. The number of oxazole rings is 1. The topological polar surface area (TPSA) is 55.1 Å². The quantitative estimate of drug-likeness (QED) is 0.898. The van der Waals surface area contributed by atoms with Crippen LogP contribution in [0.2, 0.25) is 0 Å². The van der Waals surface area contributed by atoms with Crippen LogP contribution in [0.1, 0.15) is 6.42 Å². The predicted octanol–water partition coefficient (Wildman–Crippen LogP) is 1.54. The third-order valence-electron chi connectivity index (χ3n) is 3.02. The molecule has 1 aromatic heterocycles. The Morgan fingerprint density at radius 1 is 1.47 bits per heavy atom. The molecule has 0 unspecified atom stereocenters. The second-order valence-corrected chi connectivity index (χ2v) is 5.69. The van der Waals surface area contributed by atoms with E-state index in [1.165, 1.54) is 0 Å². The number of aromatic nitrogens is 1. The van der Waals surface area contributed by atoms with Crippen molar-refractivity contribution in [3.63, 3.8) is 0 Å².